The molecule has 3 heterocycles. The van der Waals surface area contributed by atoms with Crippen molar-refractivity contribution in [1.29, 1.82) is 0 Å². The van der Waals surface area contributed by atoms with E-state index in [0.29, 0.717) is 23.1 Å². The molecule has 11 heteroatoms. The molecule has 2 aromatic carbocycles. The van der Waals surface area contributed by atoms with Gasteiger partial charge in [-0.25, -0.2) is 18.1 Å². The highest BCUT2D eigenvalue weighted by Crippen LogP contribution is 2.33. The molecule has 1 saturated carbocycles. The number of aromatic nitrogens is 4. The Hall–Kier alpha value is -3.28. The molecule has 1 saturated heterocycles. The summed E-state index contributed by atoms with van der Waals surface area (Å²) in [5, 5.41) is 8.35. The summed E-state index contributed by atoms with van der Waals surface area (Å²) in [7, 11) is -3.68. The highest BCUT2D eigenvalue weighted by atomic mass is 32.2. The SMILES string of the molecule is CC(C)c1nnc(C2CCC(NS(=O)(=O)c3ccc4nc(-c5ccc(N6CCOCC6)cc5)[nH]c4c3)CC2)o1. The summed E-state index contributed by atoms with van der Waals surface area (Å²) in [4.78, 5) is 10.5. The van der Waals surface area contributed by atoms with Crippen molar-refractivity contribution in [3.8, 4) is 11.4 Å². The number of rotatable bonds is 7. The minimum atomic E-state index is -3.68. The Balaban J connectivity index is 1.12. The van der Waals surface area contributed by atoms with E-state index in [0.717, 1.165) is 68.8 Å². The van der Waals surface area contributed by atoms with Gasteiger partial charge in [0.05, 0.1) is 29.1 Å². The molecule has 0 unspecified atom stereocenters. The molecular weight excluding hydrogens is 516 g/mol. The van der Waals surface area contributed by atoms with Crippen LogP contribution in [0.15, 0.2) is 51.8 Å². The highest BCUT2D eigenvalue weighted by molar-refractivity contribution is 7.89. The Kier molecular flexibility index (Phi) is 7.13. The maximum atomic E-state index is 13.2. The van der Waals surface area contributed by atoms with Gasteiger partial charge in [0.1, 0.15) is 5.82 Å². The summed E-state index contributed by atoms with van der Waals surface area (Å²) in [5.74, 6) is 2.39. The number of H-pyrrole nitrogens is 1. The van der Waals surface area contributed by atoms with Crippen LogP contribution >= 0.6 is 0 Å². The van der Waals surface area contributed by atoms with Crippen LogP contribution < -0.4 is 9.62 Å². The number of fused-ring (bicyclic) bond motifs is 1. The topological polar surface area (TPSA) is 126 Å². The van der Waals surface area contributed by atoms with Crippen LogP contribution in [0.2, 0.25) is 0 Å². The maximum absolute atomic E-state index is 13.2. The molecule has 10 nitrogen and oxygen atoms in total. The lowest BCUT2D eigenvalue weighted by atomic mass is 9.86. The number of benzene rings is 2. The Morgan fingerprint density at radius 1 is 1.00 bits per heavy atom. The molecule has 39 heavy (non-hydrogen) atoms. The third kappa shape index (κ3) is 5.57. The number of nitrogens with zero attached hydrogens (tertiary/aromatic N) is 4. The quantitative estimate of drug-likeness (QED) is 0.343. The van der Waals surface area contributed by atoms with E-state index in [2.05, 4.69) is 41.9 Å². The standard InChI is InChI=1S/C28H34N6O4S/c1-18(2)27-31-32-28(38-27)20-3-7-21(8-4-20)33-39(35,36)23-11-12-24-25(17-23)30-26(29-24)19-5-9-22(10-6-19)34-13-15-37-16-14-34/h5-6,9-12,17-18,20-21,33H,3-4,7-8,13-16H2,1-2H3,(H,29,30). The van der Waals surface area contributed by atoms with Gasteiger partial charge in [0.2, 0.25) is 21.8 Å². The van der Waals surface area contributed by atoms with Crippen molar-refractivity contribution in [3.05, 3.63) is 54.2 Å². The van der Waals surface area contributed by atoms with E-state index in [-0.39, 0.29) is 22.8 Å². The number of nitrogens with one attached hydrogen (secondary N) is 2. The molecule has 1 aliphatic carbocycles. The Morgan fingerprint density at radius 2 is 1.74 bits per heavy atom. The second-order valence-corrected chi connectivity index (χ2v) is 12.4. The number of aromatic amines is 1. The number of anilines is 1. The molecule has 2 N–H and O–H groups in total. The molecule has 6 rings (SSSR count). The molecule has 4 aromatic rings. The van der Waals surface area contributed by atoms with Crippen LogP contribution in [0.3, 0.4) is 0 Å². The van der Waals surface area contributed by atoms with Crippen molar-refractivity contribution in [3.63, 3.8) is 0 Å². The van der Waals surface area contributed by atoms with Crippen LogP contribution in [-0.2, 0) is 14.8 Å². The van der Waals surface area contributed by atoms with Crippen LogP contribution in [0.4, 0.5) is 5.69 Å². The van der Waals surface area contributed by atoms with Gasteiger partial charge in [0, 0.05) is 42.2 Å². The minimum Gasteiger partial charge on any atom is -0.425 e. The van der Waals surface area contributed by atoms with Gasteiger partial charge < -0.3 is 19.0 Å². The normalized spacial score (nSPS) is 20.6. The van der Waals surface area contributed by atoms with E-state index in [1.165, 1.54) is 0 Å². The van der Waals surface area contributed by atoms with Crippen LogP contribution in [0, 0.1) is 0 Å². The molecule has 0 atom stereocenters. The van der Waals surface area contributed by atoms with E-state index < -0.39 is 10.0 Å². The van der Waals surface area contributed by atoms with Crippen LogP contribution in [0.1, 0.15) is 63.1 Å². The van der Waals surface area contributed by atoms with E-state index in [9.17, 15) is 8.42 Å². The predicted octanol–water partition coefficient (Wildman–Crippen LogP) is 4.58. The van der Waals surface area contributed by atoms with E-state index in [4.69, 9.17) is 9.15 Å². The molecule has 2 fully saturated rings. The molecule has 0 spiro atoms. The fraction of sp³-hybridized carbons (Fsp3) is 0.464. The highest BCUT2D eigenvalue weighted by Gasteiger charge is 2.29. The average molecular weight is 551 g/mol. The number of morpholine rings is 1. The summed E-state index contributed by atoms with van der Waals surface area (Å²) in [6.45, 7) is 7.30. The van der Waals surface area contributed by atoms with Gasteiger partial charge in [-0.15, -0.1) is 10.2 Å². The Bertz CT molecular complexity index is 1530. The lowest BCUT2D eigenvalue weighted by molar-refractivity contribution is 0.122. The first-order valence-corrected chi connectivity index (χ1v) is 15.1. The van der Waals surface area contributed by atoms with Gasteiger partial charge in [-0.1, -0.05) is 13.8 Å². The zero-order valence-corrected chi connectivity index (χ0v) is 23.1. The average Bonchev–Trinajstić information content (AvgIpc) is 3.62. The van der Waals surface area contributed by atoms with E-state index in [1.54, 1.807) is 18.2 Å². The fourth-order valence-corrected chi connectivity index (χ4v) is 6.67. The first kappa shape index (κ1) is 26.0. The molecule has 0 amide bonds. The van der Waals surface area contributed by atoms with Crippen LogP contribution in [-0.4, -0.2) is 60.9 Å². The minimum absolute atomic E-state index is 0.128. The van der Waals surface area contributed by atoms with Gasteiger partial charge >= 0.3 is 0 Å². The first-order valence-electron chi connectivity index (χ1n) is 13.6. The van der Waals surface area contributed by atoms with Gasteiger partial charge in [-0.05, 0) is 68.1 Å². The van der Waals surface area contributed by atoms with Crippen LogP contribution in [0.25, 0.3) is 22.4 Å². The number of imidazole rings is 1. The Labute approximate surface area is 228 Å². The van der Waals surface area contributed by atoms with E-state index >= 15 is 0 Å². The van der Waals surface area contributed by atoms with Crippen molar-refractivity contribution in [2.24, 2.45) is 0 Å². The van der Waals surface area contributed by atoms with Crippen molar-refractivity contribution < 1.29 is 17.6 Å². The summed E-state index contributed by atoms with van der Waals surface area (Å²) < 4.78 is 40.6. The number of hydrogen-bond acceptors (Lipinski definition) is 8. The van der Waals surface area contributed by atoms with Gasteiger partial charge in [0.25, 0.3) is 0 Å². The Morgan fingerprint density at radius 3 is 2.44 bits per heavy atom. The summed E-state index contributed by atoms with van der Waals surface area (Å²) in [6, 6.07) is 13.2. The first-order chi connectivity index (χ1) is 18.9. The van der Waals surface area contributed by atoms with Gasteiger partial charge in [0.15, 0.2) is 0 Å². The van der Waals surface area contributed by atoms with Crippen molar-refractivity contribution in [2.75, 3.05) is 31.2 Å². The maximum Gasteiger partial charge on any atom is 0.240 e. The molecule has 1 aliphatic heterocycles. The van der Waals surface area contributed by atoms with Crippen molar-refractivity contribution >= 4 is 26.7 Å². The largest absolute Gasteiger partial charge is 0.425 e. The lowest BCUT2D eigenvalue weighted by Gasteiger charge is -2.28. The molecule has 2 aliphatic rings. The zero-order chi connectivity index (χ0) is 27.0. The number of ether oxygens (including phenoxy) is 1. The summed E-state index contributed by atoms with van der Waals surface area (Å²) in [6.07, 6.45) is 3.06. The third-order valence-electron chi connectivity index (χ3n) is 7.63. The van der Waals surface area contributed by atoms with Crippen molar-refractivity contribution in [2.45, 2.75) is 62.3 Å². The van der Waals surface area contributed by atoms with Crippen molar-refractivity contribution in [1.82, 2.24) is 24.9 Å². The molecule has 0 radical (unpaired) electrons. The monoisotopic (exact) mass is 550 g/mol. The van der Waals surface area contributed by atoms with Gasteiger partial charge in [-0.2, -0.15) is 0 Å². The molecule has 2 aromatic heterocycles. The smallest absolute Gasteiger partial charge is 0.240 e. The third-order valence-corrected chi connectivity index (χ3v) is 9.15. The van der Waals surface area contributed by atoms with Crippen LogP contribution in [0.5, 0.6) is 0 Å². The molecular formula is C28H34N6O4S. The second kappa shape index (κ2) is 10.7. The second-order valence-electron chi connectivity index (χ2n) is 10.7. The van der Waals surface area contributed by atoms with E-state index in [1.807, 2.05) is 26.0 Å². The number of sulfonamides is 1. The summed E-state index contributed by atoms with van der Waals surface area (Å²) in [5.41, 5.74) is 3.52. The molecule has 0 bridgehead atoms. The number of hydrogen-bond donors (Lipinski definition) is 2. The predicted molar refractivity (Wildman–Crippen MR) is 148 cm³/mol. The molecule has 206 valence electrons. The lowest BCUT2D eigenvalue weighted by Crippen LogP contribution is -2.37. The van der Waals surface area contributed by atoms with Gasteiger partial charge in [-0.3, -0.25) is 0 Å². The summed E-state index contributed by atoms with van der Waals surface area (Å²) >= 11 is 0. The fourth-order valence-electron chi connectivity index (χ4n) is 5.33. The zero-order valence-electron chi connectivity index (χ0n) is 22.3.